The molecule has 0 amide bonds. The molecule has 0 aliphatic heterocycles. The third kappa shape index (κ3) is 4.00. The van der Waals surface area contributed by atoms with Crippen molar-refractivity contribution in [2.45, 2.75) is 4.90 Å². The molecule has 0 saturated carbocycles. The topological polar surface area (TPSA) is 63.3 Å². The zero-order chi connectivity index (χ0) is 9.68. The van der Waals surface area contributed by atoms with E-state index in [2.05, 4.69) is 0 Å². The van der Waals surface area contributed by atoms with Crippen molar-refractivity contribution < 1.29 is 9.90 Å². The van der Waals surface area contributed by atoms with Gasteiger partial charge < -0.3 is 10.8 Å². The summed E-state index contributed by atoms with van der Waals surface area (Å²) in [4.78, 5) is 11.6. The third-order valence-corrected chi connectivity index (χ3v) is 2.53. The van der Waals surface area contributed by atoms with Crippen LogP contribution in [0.3, 0.4) is 0 Å². The van der Waals surface area contributed by atoms with E-state index in [1.807, 2.05) is 0 Å². The van der Waals surface area contributed by atoms with Crippen LogP contribution in [0.15, 0.2) is 29.2 Å². The summed E-state index contributed by atoms with van der Waals surface area (Å²) < 4.78 is 0. The molecule has 0 aliphatic rings. The summed E-state index contributed by atoms with van der Waals surface area (Å²) in [5.41, 5.74) is 5.66. The van der Waals surface area contributed by atoms with Crippen LogP contribution < -0.4 is 5.73 Å². The summed E-state index contributed by atoms with van der Waals surface area (Å²) in [5.74, 6) is -0.0396. The lowest BCUT2D eigenvalue weighted by Gasteiger charge is -1.99. The molecule has 0 heterocycles. The molecule has 1 aromatic carbocycles. The number of carboxylic acids is 1. The van der Waals surface area contributed by atoms with Crippen molar-refractivity contribution in [1.29, 1.82) is 0 Å². The summed E-state index contributed by atoms with van der Waals surface area (Å²) in [7, 11) is 0. The molecule has 78 valence electrons. The van der Waals surface area contributed by atoms with Crippen LogP contribution in [-0.2, 0) is 0 Å². The molecule has 0 radical (unpaired) electrons. The number of rotatable bonds is 4. The van der Waals surface area contributed by atoms with Gasteiger partial charge in [-0.25, -0.2) is 4.79 Å². The summed E-state index contributed by atoms with van der Waals surface area (Å²) in [5, 5.41) is 8.62. The fourth-order valence-electron chi connectivity index (χ4n) is 0.871. The van der Waals surface area contributed by atoms with E-state index >= 15 is 0 Å². The van der Waals surface area contributed by atoms with Gasteiger partial charge in [0.25, 0.3) is 0 Å². The van der Waals surface area contributed by atoms with Gasteiger partial charge in [0.15, 0.2) is 0 Å². The molecule has 0 saturated heterocycles. The number of hydrogen-bond acceptors (Lipinski definition) is 3. The quantitative estimate of drug-likeness (QED) is 0.780. The van der Waals surface area contributed by atoms with Crippen LogP contribution in [-0.4, -0.2) is 23.4 Å². The second-order valence-electron chi connectivity index (χ2n) is 2.47. The Hall–Kier alpha value is -0.710. The molecule has 1 rings (SSSR count). The predicted molar refractivity (Wildman–Crippen MR) is 60.4 cm³/mol. The lowest BCUT2D eigenvalue weighted by Crippen LogP contribution is -2.01. The normalized spacial score (nSPS) is 9.21. The highest BCUT2D eigenvalue weighted by Gasteiger charge is 2.00. The Balaban J connectivity index is 0.00000169. The first-order chi connectivity index (χ1) is 6.24. The van der Waals surface area contributed by atoms with Crippen molar-refractivity contribution in [2.75, 3.05) is 12.3 Å². The van der Waals surface area contributed by atoms with E-state index in [9.17, 15) is 4.79 Å². The van der Waals surface area contributed by atoms with Gasteiger partial charge >= 0.3 is 5.97 Å². The van der Waals surface area contributed by atoms with E-state index < -0.39 is 5.97 Å². The van der Waals surface area contributed by atoms with Crippen molar-refractivity contribution in [3.63, 3.8) is 0 Å². The number of nitrogens with two attached hydrogens (primary N) is 1. The van der Waals surface area contributed by atoms with Gasteiger partial charge in [-0.2, -0.15) is 0 Å². The number of halogens is 1. The number of hydrogen-bond donors (Lipinski definition) is 2. The molecule has 3 nitrogen and oxygen atoms in total. The Morgan fingerprint density at radius 1 is 1.36 bits per heavy atom. The monoisotopic (exact) mass is 233 g/mol. The van der Waals surface area contributed by atoms with Crippen LogP contribution in [0, 0.1) is 0 Å². The number of aromatic carboxylic acids is 1. The predicted octanol–water partition coefficient (Wildman–Crippen LogP) is 1.86. The molecule has 0 aromatic heterocycles. The van der Waals surface area contributed by atoms with Crippen molar-refractivity contribution >= 4 is 30.1 Å². The lowest BCUT2D eigenvalue weighted by molar-refractivity contribution is 0.0697. The van der Waals surface area contributed by atoms with Crippen molar-refractivity contribution in [3.8, 4) is 0 Å². The molecule has 0 unspecified atom stereocenters. The van der Waals surface area contributed by atoms with E-state index in [1.165, 1.54) is 0 Å². The Morgan fingerprint density at radius 3 is 2.36 bits per heavy atom. The van der Waals surface area contributed by atoms with Crippen LogP contribution in [0.25, 0.3) is 0 Å². The highest BCUT2D eigenvalue weighted by atomic mass is 35.5. The molecule has 5 heteroatoms. The number of carboxylic acid groups (broad SMARTS) is 1. The van der Waals surface area contributed by atoms with Gasteiger partial charge in [-0.1, -0.05) is 0 Å². The highest BCUT2D eigenvalue weighted by molar-refractivity contribution is 7.99. The highest BCUT2D eigenvalue weighted by Crippen LogP contribution is 2.17. The van der Waals surface area contributed by atoms with Gasteiger partial charge in [-0.3, -0.25) is 0 Å². The SMILES string of the molecule is Cl.NCCSc1ccc(C(=O)O)cc1. The summed E-state index contributed by atoms with van der Waals surface area (Å²) in [6.45, 7) is 0.630. The van der Waals surface area contributed by atoms with Crippen LogP contribution in [0.2, 0.25) is 0 Å². The fraction of sp³-hybridized carbons (Fsp3) is 0.222. The fourth-order valence-corrected chi connectivity index (χ4v) is 1.55. The van der Waals surface area contributed by atoms with Gasteiger partial charge in [0.1, 0.15) is 0 Å². The minimum absolute atomic E-state index is 0. The number of carbonyl (C=O) groups is 1. The van der Waals surface area contributed by atoms with Crippen LogP contribution in [0.1, 0.15) is 10.4 Å². The van der Waals surface area contributed by atoms with Crippen LogP contribution in [0.4, 0.5) is 0 Å². The summed E-state index contributed by atoms with van der Waals surface area (Å²) in [6, 6.07) is 6.79. The minimum Gasteiger partial charge on any atom is -0.478 e. The first-order valence-electron chi connectivity index (χ1n) is 3.90. The van der Waals surface area contributed by atoms with Crippen molar-refractivity contribution in [1.82, 2.24) is 0 Å². The molecule has 0 aliphatic carbocycles. The number of benzene rings is 1. The first-order valence-corrected chi connectivity index (χ1v) is 4.89. The zero-order valence-corrected chi connectivity index (χ0v) is 9.11. The maximum Gasteiger partial charge on any atom is 0.335 e. The number of thioether (sulfide) groups is 1. The third-order valence-electron chi connectivity index (χ3n) is 1.49. The largest absolute Gasteiger partial charge is 0.478 e. The van der Waals surface area contributed by atoms with Gasteiger partial charge in [-0.05, 0) is 24.3 Å². The van der Waals surface area contributed by atoms with Crippen LogP contribution in [0.5, 0.6) is 0 Å². The average molecular weight is 234 g/mol. The molecule has 0 spiro atoms. The van der Waals surface area contributed by atoms with Gasteiger partial charge in [0.05, 0.1) is 5.56 Å². The second kappa shape index (κ2) is 6.70. The van der Waals surface area contributed by atoms with Crippen molar-refractivity contribution in [3.05, 3.63) is 29.8 Å². The first kappa shape index (κ1) is 13.3. The van der Waals surface area contributed by atoms with E-state index in [-0.39, 0.29) is 12.4 Å². The Morgan fingerprint density at radius 2 is 1.93 bits per heavy atom. The Labute approximate surface area is 93.1 Å². The van der Waals surface area contributed by atoms with E-state index in [1.54, 1.807) is 36.0 Å². The molecule has 0 bridgehead atoms. The maximum atomic E-state index is 10.5. The molecule has 0 fully saturated rings. The Kier molecular flexibility index (Phi) is 6.36. The molecule has 1 aromatic rings. The molecule has 14 heavy (non-hydrogen) atoms. The second-order valence-corrected chi connectivity index (χ2v) is 3.63. The Bertz CT molecular complexity index is 289. The van der Waals surface area contributed by atoms with E-state index in [0.29, 0.717) is 12.1 Å². The van der Waals surface area contributed by atoms with Crippen LogP contribution >= 0.6 is 24.2 Å². The summed E-state index contributed by atoms with van der Waals surface area (Å²) >= 11 is 1.62. The van der Waals surface area contributed by atoms with Crippen molar-refractivity contribution in [2.24, 2.45) is 5.73 Å². The standard InChI is InChI=1S/C9H11NO2S.ClH/c10-5-6-13-8-3-1-7(2-4-8)9(11)12;/h1-4H,5-6,10H2,(H,11,12);1H. The molecular weight excluding hydrogens is 222 g/mol. The van der Waals surface area contributed by atoms with E-state index in [0.717, 1.165) is 10.6 Å². The average Bonchev–Trinajstić information content (AvgIpc) is 2.15. The van der Waals surface area contributed by atoms with Gasteiger partial charge in [-0.15, -0.1) is 24.2 Å². The molecule has 0 atom stereocenters. The molecule has 3 N–H and O–H groups in total. The summed E-state index contributed by atoms with van der Waals surface area (Å²) in [6.07, 6.45) is 0. The maximum absolute atomic E-state index is 10.5. The van der Waals surface area contributed by atoms with E-state index in [4.69, 9.17) is 10.8 Å². The lowest BCUT2D eigenvalue weighted by atomic mass is 10.2. The smallest absolute Gasteiger partial charge is 0.335 e. The zero-order valence-electron chi connectivity index (χ0n) is 7.47. The van der Waals surface area contributed by atoms with Gasteiger partial charge in [0, 0.05) is 17.2 Å². The molecular formula is C9H12ClNO2S. The minimum atomic E-state index is -0.893. The van der Waals surface area contributed by atoms with Gasteiger partial charge in [0.2, 0.25) is 0 Å².